The van der Waals surface area contributed by atoms with Crippen LogP contribution < -0.4 is 10.2 Å². The summed E-state index contributed by atoms with van der Waals surface area (Å²) in [6, 6.07) is 18.2. The number of piperazine rings is 1. The number of rotatable bonds is 5. The largest absolute Gasteiger partial charge is 0.464 e. The van der Waals surface area contributed by atoms with Gasteiger partial charge in [0, 0.05) is 56.9 Å². The van der Waals surface area contributed by atoms with Crippen LogP contribution in [-0.2, 0) is 6.42 Å². The minimum atomic E-state index is 0.0406. The van der Waals surface area contributed by atoms with E-state index in [1.54, 1.807) is 6.26 Å². The fourth-order valence-corrected chi connectivity index (χ4v) is 4.52. The van der Waals surface area contributed by atoms with Crippen molar-refractivity contribution in [1.29, 1.82) is 0 Å². The van der Waals surface area contributed by atoms with Crippen LogP contribution >= 0.6 is 0 Å². The normalized spacial score (nSPS) is 19.2. The molecular weight excluding hydrogens is 364 g/mol. The maximum atomic E-state index is 13.4. The summed E-state index contributed by atoms with van der Waals surface area (Å²) in [7, 11) is 0. The van der Waals surface area contributed by atoms with E-state index in [1.165, 1.54) is 5.56 Å². The fourth-order valence-electron chi connectivity index (χ4n) is 4.52. The Kier molecular flexibility index (Phi) is 4.96. The van der Waals surface area contributed by atoms with Crippen molar-refractivity contribution in [2.24, 2.45) is 0 Å². The lowest BCUT2D eigenvalue weighted by molar-refractivity contribution is 0.0692. The molecule has 2 fully saturated rings. The number of carbonyl (C=O) groups is 1. The molecule has 0 aromatic heterocycles. The van der Waals surface area contributed by atoms with Crippen molar-refractivity contribution < 1.29 is 9.21 Å². The number of amides is 2. The van der Waals surface area contributed by atoms with E-state index in [4.69, 9.17) is 4.42 Å². The average molecular weight is 390 g/mol. The quantitative estimate of drug-likeness (QED) is 0.727. The summed E-state index contributed by atoms with van der Waals surface area (Å²) in [5.74, 6) is 0.903. The second kappa shape index (κ2) is 7.89. The zero-order valence-electron chi connectivity index (χ0n) is 16.5. The fraction of sp³-hybridized carbons (Fsp3) is 0.348. The Balaban J connectivity index is 1.43. The summed E-state index contributed by atoms with van der Waals surface area (Å²) < 4.78 is 5.63. The number of hydrogen-bond donors (Lipinski definition) is 1. The summed E-state index contributed by atoms with van der Waals surface area (Å²) in [6.07, 6.45) is 2.60. The number of fused-ring (bicyclic) bond motifs is 1. The molecule has 0 saturated carbocycles. The molecule has 3 heterocycles. The number of carbonyl (C=O) groups excluding carboxylic acids is 1. The predicted molar refractivity (Wildman–Crippen MR) is 113 cm³/mol. The van der Waals surface area contributed by atoms with Crippen molar-refractivity contribution in [3.8, 4) is 11.3 Å². The van der Waals surface area contributed by atoms with Gasteiger partial charge >= 0.3 is 6.03 Å². The molecule has 2 amide bonds. The van der Waals surface area contributed by atoms with Crippen LogP contribution in [0.2, 0.25) is 0 Å². The highest BCUT2D eigenvalue weighted by molar-refractivity contribution is 5.94. The molecule has 29 heavy (non-hydrogen) atoms. The number of nitrogens with zero attached hydrogens (tertiary/aromatic N) is 3. The smallest absolute Gasteiger partial charge is 0.325 e. The summed E-state index contributed by atoms with van der Waals surface area (Å²) >= 11 is 0. The third-order valence-corrected chi connectivity index (χ3v) is 6.03. The lowest BCUT2D eigenvalue weighted by Crippen LogP contribution is -2.56. The van der Waals surface area contributed by atoms with E-state index in [0.29, 0.717) is 0 Å². The van der Waals surface area contributed by atoms with Crippen molar-refractivity contribution in [2.45, 2.75) is 12.6 Å². The van der Waals surface area contributed by atoms with E-state index >= 15 is 0 Å². The molecule has 150 valence electrons. The third-order valence-electron chi connectivity index (χ3n) is 6.03. The molecule has 4 aliphatic rings. The minimum Gasteiger partial charge on any atom is -0.464 e. The summed E-state index contributed by atoms with van der Waals surface area (Å²) in [6.45, 7) is 5.26. The molecule has 0 radical (unpaired) electrons. The van der Waals surface area contributed by atoms with Gasteiger partial charge in [0.05, 0.1) is 12.4 Å². The van der Waals surface area contributed by atoms with Gasteiger partial charge in [0.15, 0.2) is 0 Å². The Morgan fingerprint density at radius 2 is 1.76 bits per heavy atom. The van der Waals surface area contributed by atoms with Gasteiger partial charge in [-0.25, -0.2) is 4.79 Å². The van der Waals surface area contributed by atoms with Crippen LogP contribution in [0.1, 0.15) is 5.56 Å². The molecule has 1 aromatic carbocycles. The molecule has 2 saturated heterocycles. The first-order chi connectivity index (χ1) is 14.3. The molecule has 1 aromatic rings. The zero-order valence-corrected chi connectivity index (χ0v) is 16.5. The maximum absolute atomic E-state index is 13.4. The predicted octanol–water partition coefficient (Wildman–Crippen LogP) is 3.10. The lowest BCUT2D eigenvalue weighted by atomic mass is 10.0. The second-order valence-corrected chi connectivity index (χ2v) is 7.68. The number of benzene rings is 1. The first-order valence-corrected chi connectivity index (χ1v) is 10.3. The highest BCUT2D eigenvalue weighted by Crippen LogP contribution is 2.30. The van der Waals surface area contributed by atoms with Crippen LogP contribution in [-0.4, -0.2) is 61.3 Å². The first kappa shape index (κ1) is 18.2. The van der Waals surface area contributed by atoms with Crippen molar-refractivity contribution in [3.63, 3.8) is 0 Å². The molecule has 0 spiro atoms. The molecule has 1 unspecified atom stereocenters. The number of para-hydroxylation sites is 1. The Bertz CT molecular complexity index is 935. The van der Waals surface area contributed by atoms with Crippen LogP contribution in [0.3, 0.4) is 0 Å². The monoisotopic (exact) mass is 390 g/mol. The highest BCUT2D eigenvalue weighted by atomic mass is 16.3. The van der Waals surface area contributed by atoms with Crippen molar-refractivity contribution in [2.75, 3.05) is 44.2 Å². The van der Waals surface area contributed by atoms with E-state index in [0.717, 1.165) is 62.7 Å². The van der Waals surface area contributed by atoms with E-state index in [-0.39, 0.29) is 12.2 Å². The van der Waals surface area contributed by atoms with Crippen LogP contribution in [0.4, 0.5) is 10.5 Å². The first-order valence-electron chi connectivity index (χ1n) is 10.3. The Hall–Kier alpha value is -2.83. The van der Waals surface area contributed by atoms with Gasteiger partial charge in [-0.3, -0.25) is 9.80 Å². The van der Waals surface area contributed by atoms with Crippen LogP contribution in [0.25, 0.3) is 11.3 Å². The molecular formula is C23H26N4O2. The van der Waals surface area contributed by atoms with Gasteiger partial charge in [-0.1, -0.05) is 30.3 Å². The van der Waals surface area contributed by atoms with Gasteiger partial charge in [-0.15, -0.1) is 0 Å². The van der Waals surface area contributed by atoms with E-state index < -0.39 is 0 Å². The topological polar surface area (TPSA) is 52.0 Å². The summed E-state index contributed by atoms with van der Waals surface area (Å²) in [4.78, 5) is 19.8. The number of hydrogen-bond acceptors (Lipinski definition) is 4. The highest BCUT2D eigenvalue weighted by Gasteiger charge is 2.38. The van der Waals surface area contributed by atoms with Gasteiger partial charge in [-0.05, 0) is 29.8 Å². The Labute approximate surface area is 171 Å². The number of anilines is 1. The molecule has 6 nitrogen and oxygen atoms in total. The Morgan fingerprint density at radius 3 is 2.59 bits per heavy atom. The van der Waals surface area contributed by atoms with Gasteiger partial charge < -0.3 is 14.6 Å². The van der Waals surface area contributed by atoms with Crippen molar-refractivity contribution in [1.82, 2.24) is 15.1 Å². The molecule has 1 N–H and O–H groups in total. The minimum absolute atomic E-state index is 0.0406. The third kappa shape index (κ3) is 3.50. The second-order valence-electron chi connectivity index (χ2n) is 7.68. The standard InChI is InChI=1S/C23H26N4O2/c28-23-26(19-5-2-1-3-6-19)14-15-27(23)22(25-12-10-24-11-13-25)17-18-9-16-29-21-8-4-7-20(18)21/h1-9,16,22,24H,10-15,17H2. The van der Waals surface area contributed by atoms with E-state index in [2.05, 4.69) is 21.2 Å². The SMILES string of the molecule is O=C1N(c2ccccc2)CCN1C(Cc1ccoc2cccc1-2)N1CCNCC1. The summed E-state index contributed by atoms with van der Waals surface area (Å²) in [5, 5.41) is 3.42. The van der Waals surface area contributed by atoms with Crippen LogP contribution in [0.5, 0.6) is 0 Å². The average Bonchev–Trinajstić information content (AvgIpc) is 3.40. The van der Waals surface area contributed by atoms with Gasteiger partial charge in [0.2, 0.25) is 0 Å². The molecule has 3 aliphatic heterocycles. The maximum Gasteiger partial charge on any atom is 0.325 e. The molecule has 0 bridgehead atoms. The van der Waals surface area contributed by atoms with E-state index in [1.807, 2.05) is 53.4 Å². The summed E-state index contributed by atoms with van der Waals surface area (Å²) in [5.41, 5.74) is 3.33. The molecule has 1 aliphatic carbocycles. The van der Waals surface area contributed by atoms with Gasteiger partial charge in [0.25, 0.3) is 0 Å². The zero-order chi connectivity index (χ0) is 19.6. The van der Waals surface area contributed by atoms with Crippen molar-refractivity contribution in [3.05, 3.63) is 66.4 Å². The van der Waals surface area contributed by atoms with Crippen molar-refractivity contribution >= 4 is 11.7 Å². The number of nitrogens with one attached hydrogen (secondary N) is 1. The molecule has 6 heteroatoms. The molecule has 5 rings (SSSR count). The lowest BCUT2D eigenvalue weighted by Gasteiger charge is -2.40. The van der Waals surface area contributed by atoms with Crippen LogP contribution in [0, 0.1) is 0 Å². The van der Waals surface area contributed by atoms with E-state index in [9.17, 15) is 4.79 Å². The van der Waals surface area contributed by atoms with Gasteiger partial charge in [0.1, 0.15) is 5.76 Å². The van der Waals surface area contributed by atoms with Gasteiger partial charge in [-0.2, -0.15) is 0 Å². The molecule has 1 atom stereocenters. The number of urea groups is 1. The van der Waals surface area contributed by atoms with Crippen LogP contribution in [0.15, 0.2) is 65.3 Å². The Morgan fingerprint density at radius 1 is 0.931 bits per heavy atom.